The van der Waals surface area contributed by atoms with Crippen molar-refractivity contribution in [3.63, 3.8) is 0 Å². The zero-order valence-corrected chi connectivity index (χ0v) is 10.5. The third kappa shape index (κ3) is 2.29. The molecule has 2 aromatic heterocycles. The molecule has 0 amide bonds. The molecular weight excluding hydrogens is 241 g/mol. The summed E-state index contributed by atoms with van der Waals surface area (Å²) < 4.78 is 14.9. The molecule has 0 bridgehead atoms. The molecule has 96 valence electrons. The van der Waals surface area contributed by atoms with Crippen LogP contribution in [0.1, 0.15) is 18.5 Å². The molecule has 0 fully saturated rings. The van der Waals surface area contributed by atoms with Crippen molar-refractivity contribution < 1.29 is 4.39 Å². The Bertz CT molecular complexity index is 688. The molecule has 3 rings (SSSR count). The average Bonchev–Trinajstić information content (AvgIpc) is 2.89. The second kappa shape index (κ2) is 4.72. The average molecular weight is 255 g/mol. The van der Waals surface area contributed by atoms with E-state index in [1.54, 1.807) is 18.3 Å². The zero-order valence-electron chi connectivity index (χ0n) is 10.5. The third-order valence-electron chi connectivity index (χ3n) is 3.16. The maximum Gasteiger partial charge on any atom is 0.138 e. The van der Waals surface area contributed by atoms with Gasteiger partial charge in [0.1, 0.15) is 17.3 Å². The highest BCUT2D eigenvalue weighted by Crippen LogP contribution is 2.20. The van der Waals surface area contributed by atoms with E-state index < -0.39 is 0 Å². The molecule has 1 aromatic carbocycles. The molecule has 1 unspecified atom stereocenters. The number of rotatable bonds is 3. The molecule has 19 heavy (non-hydrogen) atoms. The lowest BCUT2D eigenvalue weighted by Gasteiger charge is -2.16. The number of halogens is 1. The molecular formula is C15H14FN3. The van der Waals surface area contributed by atoms with E-state index in [9.17, 15) is 4.39 Å². The van der Waals surface area contributed by atoms with Crippen LogP contribution in [-0.2, 0) is 0 Å². The number of hydrogen-bond donors (Lipinski definition) is 1. The molecule has 1 N–H and O–H groups in total. The first-order valence-corrected chi connectivity index (χ1v) is 6.18. The van der Waals surface area contributed by atoms with Gasteiger partial charge in [0.15, 0.2) is 0 Å². The van der Waals surface area contributed by atoms with E-state index >= 15 is 0 Å². The second-order valence-corrected chi connectivity index (χ2v) is 4.48. The van der Waals surface area contributed by atoms with E-state index in [-0.39, 0.29) is 11.9 Å². The van der Waals surface area contributed by atoms with Gasteiger partial charge in [0.05, 0.1) is 0 Å². The topological polar surface area (TPSA) is 29.3 Å². The summed E-state index contributed by atoms with van der Waals surface area (Å²) in [4.78, 5) is 4.24. The van der Waals surface area contributed by atoms with Crippen molar-refractivity contribution in [3.05, 3.63) is 66.2 Å². The zero-order chi connectivity index (χ0) is 13.2. The van der Waals surface area contributed by atoms with Gasteiger partial charge in [0.2, 0.25) is 0 Å². The van der Waals surface area contributed by atoms with Gasteiger partial charge in [-0.25, -0.2) is 9.37 Å². The van der Waals surface area contributed by atoms with Gasteiger partial charge in [0, 0.05) is 18.4 Å². The largest absolute Gasteiger partial charge is 0.365 e. The summed E-state index contributed by atoms with van der Waals surface area (Å²) in [6.45, 7) is 2.04. The van der Waals surface area contributed by atoms with E-state index in [1.807, 2.05) is 35.7 Å². The Morgan fingerprint density at radius 1 is 1.16 bits per heavy atom. The fourth-order valence-corrected chi connectivity index (χ4v) is 2.12. The van der Waals surface area contributed by atoms with Crippen molar-refractivity contribution in [1.29, 1.82) is 0 Å². The van der Waals surface area contributed by atoms with Gasteiger partial charge >= 0.3 is 0 Å². The van der Waals surface area contributed by atoms with Crippen molar-refractivity contribution >= 4 is 11.5 Å². The van der Waals surface area contributed by atoms with Gasteiger partial charge in [-0.2, -0.15) is 0 Å². The molecule has 3 aromatic rings. The first kappa shape index (κ1) is 11.7. The number of aromatic nitrogens is 2. The number of pyridine rings is 1. The molecule has 0 spiro atoms. The Kier molecular flexibility index (Phi) is 2.91. The monoisotopic (exact) mass is 255 g/mol. The van der Waals surface area contributed by atoms with Crippen LogP contribution in [0.5, 0.6) is 0 Å². The van der Waals surface area contributed by atoms with Gasteiger partial charge < -0.3 is 5.32 Å². The van der Waals surface area contributed by atoms with E-state index in [0.29, 0.717) is 0 Å². The smallest absolute Gasteiger partial charge is 0.138 e. The van der Waals surface area contributed by atoms with Crippen LogP contribution in [0.4, 0.5) is 10.2 Å². The molecule has 2 heterocycles. The highest BCUT2D eigenvalue weighted by Gasteiger charge is 2.07. The van der Waals surface area contributed by atoms with Gasteiger partial charge in [-0.15, -0.1) is 0 Å². The highest BCUT2D eigenvalue weighted by atomic mass is 19.1. The molecule has 0 aliphatic heterocycles. The van der Waals surface area contributed by atoms with Crippen molar-refractivity contribution in [2.45, 2.75) is 13.0 Å². The normalized spacial score (nSPS) is 12.5. The van der Waals surface area contributed by atoms with Gasteiger partial charge in [0.25, 0.3) is 0 Å². The maximum absolute atomic E-state index is 12.9. The van der Waals surface area contributed by atoms with Crippen molar-refractivity contribution in [2.75, 3.05) is 5.32 Å². The lowest BCUT2D eigenvalue weighted by Crippen LogP contribution is -2.09. The van der Waals surface area contributed by atoms with Crippen LogP contribution >= 0.6 is 0 Å². The number of nitrogens with one attached hydrogen (secondary N) is 1. The number of benzene rings is 1. The van der Waals surface area contributed by atoms with Crippen LogP contribution in [0.2, 0.25) is 0 Å². The summed E-state index contributed by atoms with van der Waals surface area (Å²) in [5.41, 5.74) is 1.94. The second-order valence-electron chi connectivity index (χ2n) is 4.48. The minimum atomic E-state index is -0.215. The van der Waals surface area contributed by atoms with Crippen LogP contribution in [0.25, 0.3) is 5.65 Å². The van der Waals surface area contributed by atoms with Crippen LogP contribution < -0.4 is 5.32 Å². The molecule has 1 atom stereocenters. The molecule has 3 nitrogen and oxygen atoms in total. The van der Waals surface area contributed by atoms with Crippen molar-refractivity contribution in [3.8, 4) is 0 Å². The lowest BCUT2D eigenvalue weighted by atomic mass is 10.1. The number of imidazole rings is 1. The molecule has 0 aliphatic rings. The standard InChI is InChI=1S/C15H14FN3/c1-11(12-5-7-13(16)8-6-12)18-15-4-2-3-14-17-9-10-19(14)15/h2-11,18H,1H3. The fourth-order valence-electron chi connectivity index (χ4n) is 2.12. The summed E-state index contributed by atoms with van der Waals surface area (Å²) in [7, 11) is 0. The Morgan fingerprint density at radius 3 is 2.74 bits per heavy atom. The minimum absolute atomic E-state index is 0.0913. The van der Waals surface area contributed by atoms with Crippen molar-refractivity contribution in [2.24, 2.45) is 0 Å². The Morgan fingerprint density at radius 2 is 1.95 bits per heavy atom. The quantitative estimate of drug-likeness (QED) is 0.774. The maximum atomic E-state index is 12.9. The van der Waals surface area contributed by atoms with Gasteiger partial charge in [-0.1, -0.05) is 18.2 Å². The fraction of sp³-hybridized carbons (Fsp3) is 0.133. The van der Waals surface area contributed by atoms with Gasteiger partial charge in [-0.3, -0.25) is 4.40 Å². The predicted octanol–water partition coefficient (Wildman–Crippen LogP) is 3.65. The summed E-state index contributed by atoms with van der Waals surface area (Å²) in [6, 6.07) is 12.5. The third-order valence-corrected chi connectivity index (χ3v) is 3.16. The first-order valence-electron chi connectivity index (χ1n) is 6.18. The lowest BCUT2D eigenvalue weighted by molar-refractivity contribution is 0.626. The Balaban J connectivity index is 1.88. The van der Waals surface area contributed by atoms with Crippen LogP contribution in [-0.4, -0.2) is 9.38 Å². The number of anilines is 1. The number of nitrogens with zero attached hydrogens (tertiary/aromatic N) is 2. The predicted molar refractivity (Wildman–Crippen MR) is 73.6 cm³/mol. The molecule has 0 saturated heterocycles. The number of fused-ring (bicyclic) bond motifs is 1. The summed E-state index contributed by atoms with van der Waals surface area (Å²) in [5, 5.41) is 3.41. The Labute approximate surface area is 110 Å². The summed E-state index contributed by atoms with van der Waals surface area (Å²) in [6.07, 6.45) is 3.68. The molecule has 0 saturated carbocycles. The van der Waals surface area contributed by atoms with E-state index in [0.717, 1.165) is 17.0 Å². The summed E-state index contributed by atoms with van der Waals surface area (Å²) >= 11 is 0. The molecule has 0 aliphatic carbocycles. The van der Waals surface area contributed by atoms with Crippen LogP contribution in [0.3, 0.4) is 0 Å². The van der Waals surface area contributed by atoms with E-state index in [1.165, 1.54) is 12.1 Å². The minimum Gasteiger partial charge on any atom is -0.365 e. The van der Waals surface area contributed by atoms with Crippen LogP contribution in [0.15, 0.2) is 54.9 Å². The SMILES string of the molecule is CC(Nc1cccc2nccn12)c1ccc(F)cc1. The number of hydrogen-bond acceptors (Lipinski definition) is 2. The Hall–Kier alpha value is -2.36. The molecule has 4 heteroatoms. The van der Waals surface area contributed by atoms with Gasteiger partial charge in [-0.05, 0) is 36.8 Å². The van der Waals surface area contributed by atoms with Crippen molar-refractivity contribution in [1.82, 2.24) is 9.38 Å². The summed E-state index contributed by atoms with van der Waals surface area (Å²) in [5.74, 6) is 0.750. The first-order chi connectivity index (χ1) is 9.24. The molecule has 0 radical (unpaired) electrons. The highest BCUT2D eigenvalue weighted by molar-refractivity contribution is 5.50. The van der Waals surface area contributed by atoms with E-state index in [2.05, 4.69) is 10.3 Å². The van der Waals surface area contributed by atoms with Crippen LogP contribution in [0, 0.1) is 5.82 Å². The van der Waals surface area contributed by atoms with E-state index in [4.69, 9.17) is 0 Å².